The van der Waals surface area contributed by atoms with Gasteiger partial charge in [-0.1, -0.05) is 42.5 Å². The van der Waals surface area contributed by atoms with E-state index < -0.39 is 0 Å². The molecule has 2 aromatic rings. The Balaban J connectivity index is 1.48. The van der Waals surface area contributed by atoms with E-state index in [1.54, 1.807) is 24.3 Å². The summed E-state index contributed by atoms with van der Waals surface area (Å²) in [6, 6.07) is 16.3. The number of benzene rings is 2. The molecule has 1 fully saturated rings. The molecule has 2 aromatic carbocycles. The molecule has 2 aliphatic rings. The molecule has 122 valence electrons. The van der Waals surface area contributed by atoms with Gasteiger partial charge in [-0.25, -0.2) is 0 Å². The first-order valence-corrected chi connectivity index (χ1v) is 7.96. The summed E-state index contributed by atoms with van der Waals surface area (Å²) >= 11 is 0. The summed E-state index contributed by atoms with van der Waals surface area (Å²) in [5.41, 5.74) is 1.96. The number of rotatable bonds is 6. The Morgan fingerprint density at radius 1 is 1.00 bits per heavy atom. The lowest BCUT2D eigenvalue weighted by atomic mass is 10.1. The molecule has 0 aliphatic carbocycles. The molecule has 2 amide bonds. The van der Waals surface area contributed by atoms with Crippen molar-refractivity contribution in [3.05, 3.63) is 71.3 Å². The maximum absolute atomic E-state index is 12.6. The second-order valence-electron chi connectivity index (χ2n) is 5.97. The van der Waals surface area contributed by atoms with Crippen molar-refractivity contribution in [3.8, 4) is 0 Å². The molecule has 4 rings (SSSR count). The highest BCUT2D eigenvalue weighted by molar-refractivity contribution is 6.21. The van der Waals surface area contributed by atoms with Gasteiger partial charge in [-0.05, 0) is 17.7 Å². The van der Waals surface area contributed by atoms with Gasteiger partial charge < -0.3 is 9.47 Å². The van der Waals surface area contributed by atoms with Crippen molar-refractivity contribution in [1.29, 1.82) is 0 Å². The van der Waals surface area contributed by atoms with E-state index in [0.717, 1.165) is 5.56 Å². The maximum Gasteiger partial charge on any atom is 0.261 e. The van der Waals surface area contributed by atoms with Crippen LogP contribution in [0.3, 0.4) is 0 Å². The van der Waals surface area contributed by atoms with E-state index in [-0.39, 0.29) is 30.6 Å². The average molecular weight is 323 g/mol. The topological polar surface area (TPSA) is 59.1 Å². The number of hydrogen-bond acceptors (Lipinski definition) is 4. The minimum atomic E-state index is -0.388. The molecule has 2 heterocycles. The molecule has 0 spiro atoms. The Bertz CT molecular complexity index is 735. The molecule has 0 unspecified atom stereocenters. The lowest BCUT2D eigenvalue weighted by Gasteiger charge is -2.24. The van der Waals surface area contributed by atoms with Crippen molar-refractivity contribution < 1.29 is 19.1 Å². The monoisotopic (exact) mass is 323 g/mol. The Kier molecular flexibility index (Phi) is 3.88. The second kappa shape index (κ2) is 6.19. The minimum Gasteiger partial charge on any atom is -0.375 e. The predicted molar refractivity (Wildman–Crippen MR) is 86.6 cm³/mol. The Labute approximate surface area is 139 Å². The van der Waals surface area contributed by atoms with Crippen LogP contribution in [0.1, 0.15) is 26.3 Å². The molecule has 0 bridgehead atoms. The molecule has 5 heteroatoms. The van der Waals surface area contributed by atoms with Crippen molar-refractivity contribution in [3.63, 3.8) is 0 Å². The number of amides is 2. The maximum atomic E-state index is 12.6. The highest BCUT2D eigenvalue weighted by Gasteiger charge is 2.46. The SMILES string of the molecule is O=C1c2ccccc2C(=O)N1[C@@H](COCc1ccccc1)[C@@H]1CO1. The van der Waals surface area contributed by atoms with E-state index in [9.17, 15) is 9.59 Å². The molecule has 0 saturated carbocycles. The van der Waals surface area contributed by atoms with Gasteiger partial charge >= 0.3 is 0 Å². The first-order valence-electron chi connectivity index (χ1n) is 7.96. The van der Waals surface area contributed by atoms with Gasteiger partial charge in [-0.2, -0.15) is 0 Å². The van der Waals surface area contributed by atoms with Crippen LogP contribution >= 0.6 is 0 Å². The van der Waals surface area contributed by atoms with E-state index in [4.69, 9.17) is 9.47 Å². The second-order valence-corrected chi connectivity index (χ2v) is 5.97. The highest BCUT2D eigenvalue weighted by Crippen LogP contribution is 2.29. The highest BCUT2D eigenvalue weighted by atomic mass is 16.6. The Hall–Kier alpha value is -2.50. The van der Waals surface area contributed by atoms with Crippen molar-refractivity contribution in [1.82, 2.24) is 4.90 Å². The summed E-state index contributed by atoms with van der Waals surface area (Å²) in [6.07, 6.45) is -0.136. The van der Waals surface area contributed by atoms with Gasteiger partial charge in [0.25, 0.3) is 11.8 Å². The van der Waals surface area contributed by atoms with Gasteiger partial charge in [0.1, 0.15) is 6.10 Å². The average Bonchev–Trinajstić information content (AvgIpc) is 3.42. The van der Waals surface area contributed by atoms with Crippen LogP contribution in [0.5, 0.6) is 0 Å². The standard InChI is InChI=1S/C19H17NO4/c21-18-14-8-4-5-9-15(14)19(22)20(18)16(17-12-24-17)11-23-10-13-6-2-1-3-7-13/h1-9,16-17H,10-12H2/t16-,17-/m0/s1. The fraction of sp³-hybridized carbons (Fsp3) is 0.263. The smallest absolute Gasteiger partial charge is 0.261 e. The van der Waals surface area contributed by atoms with Crippen LogP contribution in [0.15, 0.2) is 54.6 Å². The first kappa shape index (κ1) is 15.1. The lowest BCUT2D eigenvalue weighted by molar-refractivity contribution is 0.0303. The van der Waals surface area contributed by atoms with Crippen LogP contribution in [0.25, 0.3) is 0 Å². The zero-order valence-corrected chi connectivity index (χ0v) is 13.1. The molecule has 0 radical (unpaired) electrons. The molecule has 5 nitrogen and oxygen atoms in total. The molecular weight excluding hydrogens is 306 g/mol. The zero-order valence-electron chi connectivity index (χ0n) is 13.1. The minimum absolute atomic E-state index is 0.136. The third-order valence-corrected chi connectivity index (χ3v) is 4.35. The summed E-state index contributed by atoms with van der Waals surface area (Å²) in [6.45, 7) is 1.25. The van der Waals surface area contributed by atoms with Crippen molar-refractivity contribution >= 4 is 11.8 Å². The summed E-state index contributed by atoms with van der Waals surface area (Å²) in [7, 11) is 0. The van der Waals surface area contributed by atoms with Crippen molar-refractivity contribution in [2.24, 2.45) is 0 Å². The number of hydrogen-bond donors (Lipinski definition) is 0. The third-order valence-electron chi connectivity index (χ3n) is 4.35. The number of carbonyl (C=O) groups excluding carboxylic acids is 2. The third kappa shape index (κ3) is 2.72. The molecule has 24 heavy (non-hydrogen) atoms. The summed E-state index contributed by atoms with van der Waals surface area (Å²) in [5, 5.41) is 0. The summed E-state index contributed by atoms with van der Waals surface area (Å²) < 4.78 is 11.1. The quantitative estimate of drug-likeness (QED) is 0.604. The summed E-state index contributed by atoms with van der Waals surface area (Å²) in [4.78, 5) is 26.5. The Morgan fingerprint density at radius 2 is 1.58 bits per heavy atom. The fourth-order valence-corrected chi connectivity index (χ4v) is 3.01. The number of nitrogens with zero attached hydrogens (tertiary/aromatic N) is 1. The van der Waals surface area contributed by atoms with Crippen LogP contribution < -0.4 is 0 Å². The molecular formula is C19H17NO4. The zero-order chi connectivity index (χ0) is 16.5. The normalized spacial score (nSPS) is 20.2. The predicted octanol–water partition coefficient (Wildman–Crippen LogP) is 2.27. The van der Waals surface area contributed by atoms with Crippen LogP contribution in [0, 0.1) is 0 Å². The van der Waals surface area contributed by atoms with Gasteiger partial charge in [0.2, 0.25) is 0 Å². The number of imide groups is 1. The van der Waals surface area contributed by atoms with Gasteiger partial charge in [-0.15, -0.1) is 0 Å². The van der Waals surface area contributed by atoms with Gasteiger partial charge in [0.05, 0.1) is 37.0 Å². The molecule has 0 N–H and O–H groups in total. The molecule has 1 saturated heterocycles. The van der Waals surface area contributed by atoms with Crippen LogP contribution in [0.4, 0.5) is 0 Å². The largest absolute Gasteiger partial charge is 0.375 e. The van der Waals surface area contributed by atoms with E-state index >= 15 is 0 Å². The van der Waals surface area contributed by atoms with Gasteiger partial charge in [0.15, 0.2) is 0 Å². The van der Waals surface area contributed by atoms with Crippen LogP contribution in [0.2, 0.25) is 0 Å². The van der Waals surface area contributed by atoms with E-state index in [1.807, 2.05) is 30.3 Å². The van der Waals surface area contributed by atoms with Crippen LogP contribution in [-0.4, -0.2) is 42.1 Å². The molecule has 2 aliphatic heterocycles. The van der Waals surface area contributed by atoms with Crippen molar-refractivity contribution in [2.75, 3.05) is 13.2 Å². The fourth-order valence-electron chi connectivity index (χ4n) is 3.01. The van der Waals surface area contributed by atoms with E-state index in [1.165, 1.54) is 4.90 Å². The number of epoxide rings is 1. The molecule has 0 aromatic heterocycles. The number of carbonyl (C=O) groups is 2. The number of fused-ring (bicyclic) bond motifs is 1. The van der Waals surface area contributed by atoms with E-state index in [2.05, 4.69) is 0 Å². The van der Waals surface area contributed by atoms with E-state index in [0.29, 0.717) is 24.3 Å². The van der Waals surface area contributed by atoms with Crippen LogP contribution in [-0.2, 0) is 16.1 Å². The van der Waals surface area contributed by atoms with Crippen molar-refractivity contribution in [2.45, 2.75) is 18.8 Å². The summed E-state index contributed by atoms with van der Waals surface area (Å²) in [5.74, 6) is -0.529. The first-order chi connectivity index (χ1) is 11.8. The van der Waals surface area contributed by atoms with Gasteiger partial charge in [0, 0.05) is 0 Å². The van der Waals surface area contributed by atoms with Gasteiger partial charge in [-0.3, -0.25) is 14.5 Å². The molecule has 2 atom stereocenters. The number of ether oxygens (including phenoxy) is 2. The lowest BCUT2D eigenvalue weighted by Crippen LogP contribution is -2.46. The Morgan fingerprint density at radius 3 is 2.17 bits per heavy atom.